The molecular formula is C17H23ClNO4-. The zero-order chi connectivity index (χ0) is 15.8. The van der Waals surface area contributed by atoms with Crippen molar-refractivity contribution in [2.24, 2.45) is 0 Å². The molecule has 0 saturated carbocycles. The van der Waals surface area contributed by atoms with E-state index in [1.165, 1.54) is 0 Å². The van der Waals surface area contributed by atoms with Crippen LogP contribution in [0, 0.1) is 0 Å². The number of aliphatic hydroxyl groups is 3. The molecule has 0 aromatic heterocycles. The minimum Gasteiger partial charge on any atom is -1.00 e. The lowest BCUT2D eigenvalue weighted by Crippen LogP contribution is -3.00. The Balaban J connectivity index is 0.00000264. The van der Waals surface area contributed by atoms with E-state index >= 15 is 0 Å². The molecule has 0 spiro atoms. The summed E-state index contributed by atoms with van der Waals surface area (Å²) in [6, 6.07) is 13.8. The molecule has 128 valence electrons. The maximum absolute atomic E-state index is 10.1. The predicted molar refractivity (Wildman–Crippen MR) is 86.1 cm³/mol. The summed E-state index contributed by atoms with van der Waals surface area (Å²) in [6.45, 7) is 1.36. The lowest BCUT2D eigenvalue weighted by molar-refractivity contribution is -0.0000112. The van der Waals surface area contributed by atoms with Gasteiger partial charge in [0.15, 0.2) is 0 Å². The Morgan fingerprint density at radius 1 is 0.957 bits per heavy atom. The second-order valence-corrected chi connectivity index (χ2v) is 5.19. The molecule has 6 heteroatoms. The van der Waals surface area contributed by atoms with Crippen molar-refractivity contribution < 1.29 is 32.5 Å². The Labute approximate surface area is 142 Å². The zero-order valence-electron chi connectivity index (χ0n) is 12.9. The second-order valence-electron chi connectivity index (χ2n) is 5.19. The Bertz CT molecular complexity index is 570. The van der Waals surface area contributed by atoms with Gasteiger partial charge in [-0.15, -0.1) is 0 Å². The topological polar surface area (TPSA) is 73.2 Å². The van der Waals surface area contributed by atoms with Crippen LogP contribution < -0.4 is 17.1 Å². The summed E-state index contributed by atoms with van der Waals surface area (Å²) < 4.78 is 5.74. The van der Waals surface area contributed by atoms with Crippen molar-refractivity contribution in [2.75, 3.05) is 39.5 Å². The highest BCUT2D eigenvalue weighted by atomic mass is 35.5. The summed E-state index contributed by atoms with van der Waals surface area (Å²) in [5, 5.41) is 30.1. The summed E-state index contributed by atoms with van der Waals surface area (Å²) in [5.74, 6) is 0.744. The van der Waals surface area contributed by atoms with Gasteiger partial charge in [0, 0.05) is 25.0 Å². The third-order valence-electron chi connectivity index (χ3n) is 3.48. The van der Waals surface area contributed by atoms with Crippen molar-refractivity contribution in [2.45, 2.75) is 6.10 Å². The summed E-state index contributed by atoms with van der Waals surface area (Å²) in [6.07, 6.45) is -0.683. The molecule has 0 aliphatic carbocycles. The van der Waals surface area contributed by atoms with Gasteiger partial charge in [0.2, 0.25) is 0 Å². The van der Waals surface area contributed by atoms with Crippen LogP contribution >= 0.6 is 0 Å². The Hall–Kier alpha value is -1.37. The van der Waals surface area contributed by atoms with E-state index in [1.54, 1.807) is 4.90 Å². The molecule has 0 fully saturated rings. The normalized spacial score (nSPS) is 12.2. The lowest BCUT2D eigenvalue weighted by Gasteiger charge is -2.23. The van der Waals surface area contributed by atoms with Crippen LogP contribution in [0.3, 0.4) is 0 Å². The van der Waals surface area contributed by atoms with Gasteiger partial charge < -0.3 is 32.5 Å². The molecule has 0 saturated heterocycles. The van der Waals surface area contributed by atoms with Crippen molar-refractivity contribution in [1.29, 1.82) is 0 Å². The molecule has 2 rings (SSSR count). The summed E-state index contributed by atoms with van der Waals surface area (Å²) in [7, 11) is 0. The molecule has 0 radical (unpaired) electrons. The predicted octanol–water partition coefficient (Wildman–Crippen LogP) is -2.13. The van der Waals surface area contributed by atoms with E-state index in [0.717, 1.165) is 16.5 Å². The first kappa shape index (κ1) is 19.7. The summed E-state index contributed by atoms with van der Waals surface area (Å²) in [5.41, 5.74) is 0. The van der Waals surface area contributed by atoms with Crippen LogP contribution in [0.25, 0.3) is 10.8 Å². The minimum absolute atomic E-state index is 0. The highest BCUT2D eigenvalue weighted by molar-refractivity contribution is 5.88. The van der Waals surface area contributed by atoms with Crippen LogP contribution in [0.1, 0.15) is 0 Å². The van der Waals surface area contributed by atoms with Crippen LogP contribution in [0.2, 0.25) is 0 Å². The maximum Gasteiger partial charge on any atom is 0.127 e. The number of ether oxygens (including phenoxy) is 1. The number of aliphatic hydroxyl groups excluding tert-OH is 3. The van der Waals surface area contributed by atoms with Gasteiger partial charge in [-0.1, -0.05) is 36.4 Å². The molecule has 23 heavy (non-hydrogen) atoms. The van der Waals surface area contributed by atoms with Gasteiger partial charge in [0.25, 0.3) is 0 Å². The summed E-state index contributed by atoms with van der Waals surface area (Å²) >= 11 is 0. The van der Waals surface area contributed by atoms with Crippen LogP contribution in [0.15, 0.2) is 42.5 Å². The number of benzene rings is 2. The highest BCUT2D eigenvalue weighted by Gasteiger charge is 2.12. The summed E-state index contributed by atoms with van der Waals surface area (Å²) in [4.78, 5) is 1.80. The van der Waals surface area contributed by atoms with Crippen LogP contribution in [-0.4, -0.2) is 65.8 Å². The number of nitrogens with zero attached hydrogens (tertiary/aromatic N) is 1. The third kappa shape index (κ3) is 5.97. The van der Waals surface area contributed by atoms with E-state index in [1.807, 2.05) is 42.5 Å². The molecule has 0 bridgehead atoms. The van der Waals surface area contributed by atoms with Crippen molar-refractivity contribution >= 4 is 10.8 Å². The average molecular weight is 341 g/mol. The molecule has 2 aromatic rings. The standard InChI is InChI=1S/C17H23NO4.ClH/c19-10-8-18(9-11-20)12-15(21)13-22-17-7-3-5-14-4-1-2-6-16(14)17;/h1-7,15,19-21H,8-13H2;1H/p-1. The number of hydrogen-bond donors (Lipinski definition) is 3. The zero-order valence-corrected chi connectivity index (χ0v) is 13.7. The SMILES string of the molecule is OCCN(CCO)CC(O)COc1cccc2ccccc12.[Cl-]. The maximum atomic E-state index is 10.1. The van der Waals surface area contributed by atoms with E-state index < -0.39 is 6.10 Å². The van der Waals surface area contributed by atoms with Crippen molar-refractivity contribution in [1.82, 2.24) is 4.90 Å². The fourth-order valence-corrected chi connectivity index (χ4v) is 2.44. The Morgan fingerprint density at radius 3 is 2.30 bits per heavy atom. The van der Waals surface area contributed by atoms with E-state index in [0.29, 0.717) is 19.6 Å². The average Bonchev–Trinajstić information content (AvgIpc) is 2.53. The fourth-order valence-electron chi connectivity index (χ4n) is 2.44. The van der Waals surface area contributed by atoms with Gasteiger partial charge in [-0.05, 0) is 11.5 Å². The molecule has 2 aromatic carbocycles. The molecule has 3 N–H and O–H groups in total. The first-order chi connectivity index (χ1) is 10.7. The molecule has 1 unspecified atom stereocenters. The minimum atomic E-state index is -0.683. The number of hydrogen-bond acceptors (Lipinski definition) is 5. The Kier molecular flexibility index (Phi) is 8.91. The fraction of sp³-hybridized carbons (Fsp3) is 0.412. The molecule has 0 aliphatic heterocycles. The monoisotopic (exact) mass is 340 g/mol. The van der Waals surface area contributed by atoms with Crippen LogP contribution in [0.4, 0.5) is 0 Å². The molecule has 1 atom stereocenters. The van der Waals surface area contributed by atoms with E-state index in [4.69, 9.17) is 14.9 Å². The quantitative estimate of drug-likeness (QED) is 0.486. The number of halogens is 1. The highest BCUT2D eigenvalue weighted by Crippen LogP contribution is 2.25. The van der Waals surface area contributed by atoms with Gasteiger partial charge in [-0.3, -0.25) is 4.90 Å². The Morgan fingerprint density at radius 2 is 1.61 bits per heavy atom. The smallest absolute Gasteiger partial charge is 0.127 e. The molecule has 0 heterocycles. The number of rotatable bonds is 9. The van der Waals surface area contributed by atoms with Crippen LogP contribution in [0.5, 0.6) is 5.75 Å². The van der Waals surface area contributed by atoms with Crippen molar-refractivity contribution in [3.05, 3.63) is 42.5 Å². The lowest BCUT2D eigenvalue weighted by atomic mass is 10.1. The molecular weight excluding hydrogens is 318 g/mol. The van der Waals surface area contributed by atoms with Crippen LogP contribution in [-0.2, 0) is 0 Å². The van der Waals surface area contributed by atoms with Gasteiger partial charge in [0.1, 0.15) is 18.5 Å². The van der Waals surface area contributed by atoms with Gasteiger partial charge >= 0.3 is 0 Å². The third-order valence-corrected chi connectivity index (χ3v) is 3.48. The molecule has 5 nitrogen and oxygen atoms in total. The molecule has 0 aliphatic rings. The van der Waals surface area contributed by atoms with E-state index in [2.05, 4.69) is 0 Å². The van der Waals surface area contributed by atoms with Gasteiger partial charge in [-0.2, -0.15) is 0 Å². The van der Waals surface area contributed by atoms with E-state index in [9.17, 15) is 5.11 Å². The molecule has 0 amide bonds. The largest absolute Gasteiger partial charge is 1.00 e. The first-order valence-electron chi connectivity index (χ1n) is 7.47. The van der Waals surface area contributed by atoms with E-state index in [-0.39, 0.29) is 32.2 Å². The van der Waals surface area contributed by atoms with Crippen molar-refractivity contribution in [3.8, 4) is 5.75 Å². The second kappa shape index (κ2) is 10.4. The first-order valence-corrected chi connectivity index (χ1v) is 7.47. The van der Waals surface area contributed by atoms with Gasteiger partial charge in [-0.25, -0.2) is 0 Å². The van der Waals surface area contributed by atoms with Crippen molar-refractivity contribution in [3.63, 3.8) is 0 Å². The number of fused-ring (bicyclic) bond motifs is 1. The van der Waals surface area contributed by atoms with Gasteiger partial charge in [0.05, 0.1) is 13.2 Å².